The van der Waals surface area contributed by atoms with Gasteiger partial charge in [0.05, 0.1) is 26.7 Å². The lowest BCUT2D eigenvalue weighted by molar-refractivity contribution is -0.432. The van der Waals surface area contributed by atoms with E-state index in [4.69, 9.17) is 5.26 Å². The zero-order valence-corrected chi connectivity index (χ0v) is 27.2. The van der Waals surface area contributed by atoms with Gasteiger partial charge in [0.2, 0.25) is 0 Å². The minimum Gasteiger partial charge on any atom is -0.507 e. The highest BCUT2D eigenvalue weighted by Crippen LogP contribution is 2.41. The fourth-order valence-corrected chi connectivity index (χ4v) is 7.60. The number of phenolic OH excluding ortho intramolecular Hbond substituents is 4. The van der Waals surface area contributed by atoms with Crippen molar-refractivity contribution >= 4 is 42.4 Å². The van der Waals surface area contributed by atoms with Crippen LogP contribution in [0.4, 0.5) is 0 Å². The van der Waals surface area contributed by atoms with E-state index >= 15 is 0 Å². The Bertz CT molecular complexity index is 2160. The Morgan fingerprint density at radius 3 is 0.896 bits per heavy atom. The molecule has 0 unspecified atom stereocenters. The Hall–Kier alpha value is -3.96. The highest BCUT2D eigenvalue weighted by Gasteiger charge is 2.26. The molecule has 0 heterocycles. The van der Waals surface area contributed by atoms with Crippen LogP contribution in [0.2, 0.25) is 0 Å². The second-order valence-electron chi connectivity index (χ2n) is 10.7. The molecule has 0 radical (unpaired) electrons. The topological polar surface area (TPSA) is 283 Å². The van der Waals surface area contributed by atoms with Crippen LogP contribution in [0.3, 0.4) is 0 Å². The first kappa shape index (κ1) is 35.3. The van der Waals surface area contributed by atoms with Gasteiger partial charge in [0.1, 0.15) is 23.0 Å². The van der Waals surface area contributed by atoms with Crippen LogP contribution in [0.1, 0.15) is 44.5 Å². The molecule has 0 fully saturated rings. The summed E-state index contributed by atoms with van der Waals surface area (Å²) in [4.78, 5) is -2.04. The van der Waals surface area contributed by atoms with Gasteiger partial charge < -0.3 is 20.4 Å². The Balaban J connectivity index is 1.89. The van der Waals surface area contributed by atoms with Gasteiger partial charge in [-0.05, 0) is 59.7 Å². The van der Waals surface area contributed by atoms with Gasteiger partial charge in [0, 0.05) is 64.0 Å². The van der Waals surface area contributed by atoms with Gasteiger partial charge in [-0.15, -0.1) is 4.33 Å². The first-order valence-corrected chi connectivity index (χ1v) is 18.3. The van der Waals surface area contributed by atoms with E-state index in [1.54, 1.807) is 0 Å². The van der Waals surface area contributed by atoms with Crippen molar-refractivity contribution in [3.8, 4) is 23.0 Å². The van der Waals surface area contributed by atoms with E-state index in [-0.39, 0.29) is 49.4 Å². The summed E-state index contributed by atoms with van der Waals surface area (Å²) < 4.78 is 108. The molecule has 256 valence electrons. The predicted molar refractivity (Wildman–Crippen MR) is 164 cm³/mol. The third-order valence-electron chi connectivity index (χ3n) is 7.54. The molecule has 0 saturated heterocycles. The standard InChI is InChI=1S/C28H24O16S4/c29-25-13-1-15-7-22(46(34,35)36)9-17(26(15)30)3-19-11-24(48(40,41)42)12-20(28(19)32)4-18-10-23(47(37,38)39)8-16(27(18)31)2-14(25)6-21(5-13)45-44-43-33/h5-12,29-33H,1-4H2,(H,34,35,36)(H,37,38,39)(H,40,41,42). The van der Waals surface area contributed by atoms with Crippen LogP contribution in [0, 0.1) is 0 Å². The van der Waals surface area contributed by atoms with Crippen LogP contribution in [0.25, 0.3) is 0 Å². The lowest BCUT2D eigenvalue weighted by atomic mass is 9.91. The molecule has 0 aromatic heterocycles. The largest absolute Gasteiger partial charge is 0.507 e. The van der Waals surface area contributed by atoms with E-state index in [9.17, 15) is 59.3 Å². The van der Waals surface area contributed by atoms with Gasteiger partial charge >= 0.3 is 0 Å². The Morgan fingerprint density at radius 1 is 0.458 bits per heavy atom. The second kappa shape index (κ2) is 12.8. The zero-order chi connectivity index (χ0) is 35.3. The Kier molecular flexibility index (Phi) is 9.44. The van der Waals surface area contributed by atoms with E-state index in [1.807, 2.05) is 0 Å². The second-order valence-corrected chi connectivity index (χ2v) is 15.8. The van der Waals surface area contributed by atoms with Crippen molar-refractivity contribution in [3.05, 3.63) is 93.0 Å². The Labute approximate surface area is 276 Å². The fourth-order valence-electron chi connectivity index (χ4n) is 5.36. The molecular formula is C28H24O16S4. The normalized spacial score (nSPS) is 13.8. The van der Waals surface area contributed by atoms with Crippen LogP contribution >= 0.6 is 12.0 Å². The molecule has 0 saturated carbocycles. The van der Waals surface area contributed by atoms with Crippen molar-refractivity contribution in [3.63, 3.8) is 0 Å². The molecule has 48 heavy (non-hydrogen) atoms. The monoisotopic (exact) mass is 744 g/mol. The van der Waals surface area contributed by atoms with Gasteiger partial charge in [-0.3, -0.25) is 13.7 Å². The molecule has 1 aliphatic carbocycles. The highest BCUT2D eigenvalue weighted by atomic mass is 32.2. The molecular weight excluding hydrogens is 721 g/mol. The lowest BCUT2D eigenvalue weighted by Crippen LogP contribution is -2.07. The minimum absolute atomic E-state index is 0.0264. The van der Waals surface area contributed by atoms with Crippen molar-refractivity contribution in [2.45, 2.75) is 45.3 Å². The summed E-state index contributed by atoms with van der Waals surface area (Å²) in [6.07, 6.45) is -2.14. The molecule has 0 atom stereocenters. The van der Waals surface area contributed by atoms with Gasteiger partial charge in [0.15, 0.2) is 0 Å². The number of fused-ring (bicyclic) bond motifs is 8. The third-order valence-corrected chi connectivity index (χ3v) is 10.6. The average molecular weight is 745 g/mol. The summed E-state index contributed by atoms with van der Waals surface area (Å²) in [5.74, 6) is -2.29. The first-order valence-electron chi connectivity index (χ1n) is 13.2. The zero-order valence-electron chi connectivity index (χ0n) is 23.9. The summed E-state index contributed by atoms with van der Waals surface area (Å²) in [5, 5.41) is 57.4. The molecule has 4 aromatic rings. The van der Waals surface area contributed by atoms with Crippen LogP contribution in [0.15, 0.2) is 68.1 Å². The first-order chi connectivity index (χ1) is 22.3. The maximum Gasteiger partial charge on any atom is 0.294 e. The molecule has 5 rings (SSSR count). The van der Waals surface area contributed by atoms with E-state index in [0.717, 1.165) is 36.4 Å². The molecule has 8 N–H and O–H groups in total. The molecule has 0 aliphatic heterocycles. The van der Waals surface area contributed by atoms with Crippen molar-refractivity contribution in [2.75, 3.05) is 0 Å². The molecule has 20 heteroatoms. The van der Waals surface area contributed by atoms with Gasteiger partial charge in [-0.25, -0.2) is 5.26 Å². The maximum atomic E-state index is 12.2. The number of hydrogen-bond donors (Lipinski definition) is 8. The van der Waals surface area contributed by atoms with Gasteiger partial charge in [0.25, 0.3) is 30.4 Å². The smallest absolute Gasteiger partial charge is 0.294 e. The summed E-state index contributed by atoms with van der Waals surface area (Å²) >= 11 is 0.446. The lowest BCUT2D eigenvalue weighted by Gasteiger charge is -2.19. The molecule has 1 aliphatic rings. The average Bonchev–Trinajstić information content (AvgIpc) is 2.97. The molecule has 8 bridgehead atoms. The quantitative estimate of drug-likeness (QED) is 0.0535. The highest BCUT2D eigenvalue weighted by molar-refractivity contribution is 7.94. The minimum atomic E-state index is -4.97. The fraction of sp³-hybridized carbons (Fsp3) is 0.143. The SMILES string of the molecule is O=S(=O)(O)c1cc2c(O)c(c1)Cc1cc(S(=O)(=O)O)cc(c1O)Cc1cc(S(=O)(=O)O)cc(c1O)Cc1cc(SOOO)cc(c1O)C2. The maximum absolute atomic E-state index is 12.2. The molecule has 16 nitrogen and oxygen atoms in total. The summed E-state index contributed by atoms with van der Waals surface area (Å²) in [7, 11) is -14.8. The number of rotatable bonds is 6. The molecule has 0 spiro atoms. The summed E-state index contributed by atoms with van der Waals surface area (Å²) in [6, 6.07) is 7.75. The summed E-state index contributed by atoms with van der Waals surface area (Å²) in [6.45, 7) is 0. The third kappa shape index (κ3) is 7.37. The van der Waals surface area contributed by atoms with Gasteiger partial charge in [-0.1, -0.05) is 5.04 Å². The van der Waals surface area contributed by atoms with Crippen LogP contribution < -0.4 is 0 Å². The number of aromatic hydroxyl groups is 4. The number of hydrogen-bond acceptors (Lipinski definition) is 14. The predicted octanol–water partition coefficient (Wildman–Crippen LogP) is 3.35. The molecule has 0 amide bonds. The van der Waals surface area contributed by atoms with E-state index in [1.165, 1.54) is 12.1 Å². The van der Waals surface area contributed by atoms with E-state index in [2.05, 4.69) is 9.37 Å². The van der Waals surface area contributed by atoms with Crippen LogP contribution in [-0.4, -0.2) is 64.6 Å². The van der Waals surface area contributed by atoms with Crippen molar-refractivity contribution in [2.24, 2.45) is 0 Å². The van der Waals surface area contributed by atoms with Crippen molar-refractivity contribution < 1.29 is 74.0 Å². The number of phenols is 4. The Morgan fingerprint density at radius 2 is 0.688 bits per heavy atom. The van der Waals surface area contributed by atoms with Crippen molar-refractivity contribution in [1.29, 1.82) is 0 Å². The summed E-state index contributed by atoms with van der Waals surface area (Å²) in [5.41, 5.74) is -1.56. The van der Waals surface area contributed by atoms with Crippen LogP contribution in [-0.2, 0) is 65.4 Å². The van der Waals surface area contributed by atoms with Crippen LogP contribution in [0.5, 0.6) is 23.0 Å². The van der Waals surface area contributed by atoms with E-state index in [0.29, 0.717) is 12.0 Å². The van der Waals surface area contributed by atoms with Crippen molar-refractivity contribution in [1.82, 2.24) is 0 Å². The van der Waals surface area contributed by atoms with Gasteiger partial charge in [-0.2, -0.15) is 25.3 Å². The molecule has 4 aromatic carbocycles. The van der Waals surface area contributed by atoms with E-state index < -0.39 is 93.7 Å². The number of benzene rings is 4.